The molecular weight excluding hydrogens is 246 g/mol. The van der Waals surface area contributed by atoms with Gasteiger partial charge in [-0.25, -0.2) is 0 Å². The predicted molar refractivity (Wildman–Crippen MR) is 67.6 cm³/mol. The van der Waals surface area contributed by atoms with E-state index in [1.54, 1.807) is 13.2 Å². The average Bonchev–Trinajstić information content (AvgIpc) is 3.06. The van der Waals surface area contributed by atoms with Gasteiger partial charge in [0.2, 0.25) is 0 Å². The van der Waals surface area contributed by atoms with E-state index in [1.165, 1.54) is 6.42 Å². The van der Waals surface area contributed by atoms with Gasteiger partial charge in [0.1, 0.15) is 6.61 Å². The number of hydrogen-bond acceptors (Lipinski definition) is 5. The SMILES string of the molecule is COCc1cc(C(=O)N2CCCC3CNCC32)no1. The molecule has 1 N–H and O–H groups in total. The molecule has 3 rings (SSSR count). The second-order valence-corrected chi connectivity index (χ2v) is 5.24. The van der Waals surface area contributed by atoms with Gasteiger partial charge in [-0.3, -0.25) is 4.79 Å². The first-order chi connectivity index (χ1) is 9.29. The fraction of sp³-hybridized carbons (Fsp3) is 0.692. The summed E-state index contributed by atoms with van der Waals surface area (Å²) in [4.78, 5) is 14.4. The normalized spacial score (nSPS) is 26.5. The molecule has 2 unspecified atom stereocenters. The van der Waals surface area contributed by atoms with Crippen LogP contribution in [0.3, 0.4) is 0 Å². The molecule has 2 fully saturated rings. The van der Waals surface area contributed by atoms with Crippen LogP contribution in [0.4, 0.5) is 0 Å². The molecule has 0 radical (unpaired) electrons. The number of hydrogen-bond donors (Lipinski definition) is 1. The van der Waals surface area contributed by atoms with E-state index in [2.05, 4.69) is 10.5 Å². The lowest BCUT2D eigenvalue weighted by molar-refractivity contribution is 0.0564. The quantitative estimate of drug-likeness (QED) is 0.869. The van der Waals surface area contributed by atoms with Crippen LogP contribution in [-0.4, -0.2) is 48.7 Å². The highest BCUT2D eigenvalue weighted by Crippen LogP contribution is 2.27. The van der Waals surface area contributed by atoms with E-state index in [4.69, 9.17) is 9.26 Å². The summed E-state index contributed by atoms with van der Waals surface area (Å²) in [6.45, 7) is 3.06. The van der Waals surface area contributed by atoms with Crippen molar-refractivity contribution < 1.29 is 14.1 Å². The summed E-state index contributed by atoms with van der Waals surface area (Å²) >= 11 is 0. The van der Waals surface area contributed by atoms with Gasteiger partial charge in [0.15, 0.2) is 11.5 Å². The molecule has 1 aromatic rings. The van der Waals surface area contributed by atoms with Crippen LogP contribution < -0.4 is 5.32 Å². The van der Waals surface area contributed by atoms with Gasteiger partial charge in [-0.1, -0.05) is 5.16 Å². The standard InChI is InChI=1S/C13H19N3O3/c1-18-8-10-5-11(15-19-10)13(17)16-4-2-3-9-6-14-7-12(9)16/h5,9,12,14H,2-4,6-8H2,1H3. The Kier molecular flexibility index (Phi) is 3.52. The van der Waals surface area contributed by atoms with Gasteiger partial charge in [-0.15, -0.1) is 0 Å². The molecule has 1 aromatic heterocycles. The van der Waals surface area contributed by atoms with E-state index in [-0.39, 0.29) is 5.91 Å². The molecule has 3 heterocycles. The lowest BCUT2D eigenvalue weighted by Crippen LogP contribution is -2.48. The van der Waals surface area contributed by atoms with Gasteiger partial charge >= 0.3 is 0 Å². The Morgan fingerprint density at radius 3 is 3.37 bits per heavy atom. The van der Waals surface area contributed by atoms with Gasteiger partial charge in [0.25, 0.3) is 5.91 Å². The third kappa shape index (κ3) is 2.37. The minimum Gasteiger partial charge on any atom is -0.377 e. The molecule has 104 valence electrons. The number of likely N-dealkylation sites (tertiary alicyclic amines) is 1. The van der Waals surface area contributed by atoms with Gasteiger partial charge in [0.05, 0.1) is 0 Å². The molecule has 1 amide bonds. The molecule has 0 bridgehead atoms. The van der Waals surface area contributed by atoms with Crippen molar-refractivity contribution in [2.24, 2.45) is 5.92 Å². The zero-order chi connectivity index (χ0) is 13.2. The fourth-order valence-corrected chi connectivity index (χ4v) is 3.09. The maximum absolute atomic E-state index is 12.5. The van der Waals surface area contributed by atoms with E-state index in [9.17, 15) is 4.79 Å². The lowest BCUT2D eigenvalue weighted by Gasteiger charge is -2.36. The summed E-state index contributed by atoms with van der Waals surface area (Å²) < 4.78 is 10.1. The highest BCUT2D eigenvalue weighted by Gasteiger charge is 2.38. The van der Waals surface area contributed by atoms with E-state index in [0.29, 0.717) is 30.0 Å². The highest BCUT2D eigenvalue weighted by molar-refractivity contribution is 5.92. The molecule has 0 aliphatic carbocycles. The minimum atomic E-state index is -0.0236. The number of carbonyl (C=O) groups excluding carboxylic acids is 1. The van der Waals surface area contributed by atoms with Crippen LogP contribution in [-0.2, 0) is 11.3 Å². The van der Waals surface area contributed by atoms with Crippen LogP contribution in [0.15, 0.2) is 10.6 Å². The third-order valence-corrected chi connectivity index (χ3v) is 4.00. The summed E-state index contributed by atoms with van der Waals surface area (Å²) in [5, 5.41) is 7.23. The first-order valence-corrected chi connectivity index (χ1v) is 6.76. The highest BCUT2D eigenvalue weighted by atomic mass is 16.5. The monoisotopic (exact) mass is 265 g/mol. The van der Waals surface area contributed by atoms with Crippen molar-refractivity contribution in [1.82, 2.24) is 15.4 Å². The van der Waals surface area contributed by atoms with Gasteiger partial charge in [0, 0.05) is 38.9 Å². The van der Waals surface area contributed by atoms with Gasteiger partial charge < -0.3 is 19.5 Å². The van der Waals surface area contributed by atoms with Crippen molar-refractivity contribution in [3.05, 3.63) is 17.5 Å². The van der Waals surface area contributed by atoms with Crippen LogP contribution in [0.1, 0.15) is 29.1 Å². The number of nitrogens with one attached hydrogen (secondary N) is 1. The van der Waals surface area contributed by atoms with Crippen molar-refractivity contribution in [2.75, 3.05) is 26.7 Å². The van der Waals surface area contributed by atoms with Crippen LogP contribution in [0.2, 0.25) is 0 Å². The molecule has 2 atom stereocenters. The summed E-state index contributed by atoms with van der Waals surface area (Å²) in [7, 11) is 1.59. The summed E-state index contributed by atoms with van der Waals surface area (Å²) in [5.74, 6) is 1.15. The van der Waals surface area contributed by atoms with Crippen molar-refractivity contribution in [1.29, 1.82) is 0 Å². The van der Waals surface area contributed by atoms with Gasteiger partial charge in [-0.2, -0.15) is 0 Å². The molecule has 0 aromatic carbocycles. The Labute approximate surface area is 112 Å². The molecule has 19 heavy (non-hydrogen) atoms. The lowest BCUT2D eigenvalue weighted by atomic mass is 9.92. The molecule has 2 aliphatic heterocycles. The number of methoxy groups -OCH3 is 1. The number of rotatable bonds is 3. The van der Waals surface area contributed by atoms with Crippen molar-refractivity contribution >= 4 is 5.91 Å². The molecule has 0 saturated carbocycles. The zero-order valence-electron chi connectivity index (χ0n) is 11.1. The van der Waals surface area contributed by atoms with E-state index in [0.717, 1.165) is 26.1 Å². The average molecular weight is 265 g/mol. The molecule has 2 aliphatic rings. The number of piperidine rings is 1. The Balaban J connectivity index is 1.74. The van der Waals surface area contributed by atoms with E-state index >= 15 is 0 Å². The van der Waals surface area contributed by atoms with E-state index < -0.39 is 0 Å². The molecule has 0 spiro atoms. The fourth-order valence-electron chi connectivity index (χ4n) is 3.09. The number of nitrogens with zero attached hydrogens (tertiary/aromatic N) is 2. The third-order valence-electron chi connectivity index (χ3n) is 4.00. The van der Waals surface area contributed by atoms with Crippen molar-refractivity contribution in [3.8, 4) is 0 Å². The Morgan fingerprint density at radius 1 is 1.63 bits per heavy atom. The van der Waals surface area contributed by atoms with Crippen LogP contribution in [0.5, 0.6) is 0 Å². The number of amides is 1. The number of aromatic nitrogens is 1. The molecule has 6 heteroatoms. The summed E-state index contributed by atoms with van der Waals surface area (Å²) in [5.41, 5.74) is 0.389. The molecule has 6 nitrogen and oxygen atoms in total. The predicted octanol–water partition coefficient (Wildman–Crippen LogP) is 0.645. The minimum absolute atomic E-state index is 0.0236. The first-order valence-electron chi connectivity index (χ1n) is 6.76. The Hall–Kier alpha value is -1.40. The largest absolute Gasteiger partial charge is 0.377 e. The van der Waals surface area contributed by atoms with Gasteiger partial charge in [-0.05, 0) is 18.8 Å². The van der Waals surface area contributed by atoms with Crippen LogP contribution in [0.25, 0.3) is 0 Å². The van der Waals surface area contributed by atoms with E-state index in [1.807, 2.05) is 4.90 Å². The van der Waals surface area contributed by atoms with Crippen LogP contribution in [0, 0.1) is 5.92 Å². The number of ether oxygens (including phenoxy) is 1. The smallest absolute Gasteiger partial charge is 0.276 e. The number of fused-ring (bicyclic) bond motifs is 1. The zero-order valence-corrected chi connectivity index (χ0v) is 11.1. The second-order valence-electron chi connectivity index (χ2n) is 5.24. The molecule has 2 saturated heterocycles. The van der Waals surface area contributed by atoms with Crippen molar-refractivity contribution in [3.63, 3.8) is 0 Å². The maximum atomic E-state index is 12.5. The first kappa shape index (κ1) is 12.6. The topological polar surface area (TPSA) is 67.6 Å². The molecular formula is C13H19N3O3. The Morgan fingerprint density at radius 2 is 2.53 bits per heavy atom. The Bertz CT molecular complexity index is 460. The second kappa shape index (κ2) is 5.30. The number of carbonyl (C=O) groups is 1. The van der Waals surface area contributed by atoms with Crippen molar-refractivity contribution in [2.45, 2.75) is 25.5 Å². The summed E-state index contributed by atoms with van der Waals surface area (Å²) in [6, 6.07) is 1.99. The summed E-state index contributed by atoms with van der Waals surface area (Å²) in [6.07, 6.45) is 2.27. The maximum Gasteiger partial charge on any atom is 0.276 e. The van der Waals surface area contributed by atoms with Crippen LogP contribution >= 0.6 is 0 Å².